The minimum Gasteiger partial charge on any atom is -0.366 e. The molecular weight excluding hydrogens is 396 g/mol. The molecule has 2 atom stereocenters. The second-order valence-electron chi connectivity index (χ2n) is 8.74. The van der Waals surface area contributed by atoms with E-state index in [9.17, 15) is 0 Å². The smallest absolute Gasteiger partial charge is 0.162 e. The molecule has 2 bridgehead atoms. The van der Waals surface area contributed by atoms with Crippen LogP contribution in [0.4, 0.5) is 5.69 Å². The average Bonchev–Trinajstić information content (AvgIpc) is 3.59. The topological polar surface area (TPSA) is 58.4 Å². The Kier molecular flexibility index (Phi) is 3.83. The highest BCUT2D eigenvalue weighted by Gasteiger charge is 2.37. The summed E-state index contributed by atoms with van der Waals surface area (Å²) >= 11 is 0. The van der Waals surface area contributed by atoms with Crippen LogP contribution in [0.5, 0.6) is 0 Å². The molecule has 5 aromatic rings. The lowest BCUT2D eigenvalue weighted by atomic mass is 10.0. The van der Waals surface area contributed by atoms with Gasteiger partial charge in [0.05, 0.1) is 11.7 Å². The van der Waals surface area contributed by atoms with Gasteiger partial charge < -0.3 is 10.2 Å². The fourth-order valence-electron chi connectivity index (χ4n) is 5.27. The highest BCUT2D eigenvalue weighted by atomic mass is 15.3. The standard InChI is InChI=1S/C26H22N6/c1-2-4-25-23(3-1)22(9-10-27-25)24-14-30-32-15-18(12-29-26(24)32)17-5-7-20(8-6-17)31-16-19-11-21(31)13-28-19/h1-10,12,14-15,19,21,28H,11,13,16H2/t19-,21-/m0/s1. The van der Waals surface area contributed by atoms with Crippen LogP contribution in [0.2, 0.25) is 0 Å². The predicted octanol–water partition coefficient (Wildman–Crippen LogP) is 4.16. The largest absolute Gasteiger partial charge is 0.366 e. The maximum absolute atomic E-state index is 4.79. The predicted molar refractivity (Wildman–Crippen MR) is 127 cm³/mol. The zero-order valence-electron chi connectivity index (χ0n) is 17.5. The quantitative estimate of drug-likeness (QED) is 0.477. The molecule has 156 valence electrons. The zero-order chi connectivity index (χ0) is 21.1. The molecule has 0 spiro atoms. The molecule has 0 amide bonds. The monoisotopic (exact) mass is 418 g/mol. The molecule has 7 rings (SSSR count). The van der Waals surface area contributed by atoms with Gasteiger partial charge in [0.15, 0.2) is 5.65 Å². The lowest BCUT2D eigenvalue weighted by Gasteiger charge is -2.29. The number of aromatic nitrogens is 4. The van der Waals surface area contributed by atoms with Crippen LogP contribution < -0.4 is 10.2 Å². The van der Waals surface area contributed by atoms with Crippen molar-refractivity contribution in [2.24, 2.45) is 0 Å². The van der Waals surface area contributed by atoms with Gasteiger partial charge in [0, 0.05) is 66.0 Å². The van der Waals surface area contributed by atoms with Gasteiger partial charge in [-0.05, 0) is 41.8 Å². The minimum absolute atomic E-state index is 0.635. The van der Waals surface area contributed by atoms with Crippen LogP contribution in [-0.4, -0.2) is 44.8 Å². The third kappa shape index (κ3) is 2.73. The average molecular weight is 419 g/mol. The van der Waals surface area contributed by atoms with Crippen LogP contribution in [-0.2, 0) is 0 Å². The van der Waals surface area contributed by atoms with Crippen molar-refractivity contribution in [3.8, 4) is 22.3 Å². The van der Waals surface area contributed by atoms with E-state index in [4.69, 9.17) is 4.98 Å². The molecule has 2 aliphatic heterocycles. The molecule has 0 radical (unpaired) electrons. The first kappa shape index (κ1) is 17.9. The van der Waals surface area contributed by atoms with Crippen LogP contribution in [0, 0.1) is 0 Å². The number of fused-ring (bicyclic) bond motifs is 4. The van der Waals surface area contributed by atoms with Gasteiger partial charge in [-0.3, -0.25) is 4.98 Å². The summed E-state index contributed by atoms with van der Waals surface area (Å²) < 4.78 is 1.87. The van der Waals surface area contributed by atoms with E-state index in [1.807, 2.05) is 47.4 Å². The highest BCUT2D eigenvalue weighted by Crippen LogP contribution is 2.32. The Hall–Kier alpha value is -3.77. The molecule has 6 nitrogen and oxygen atoms in total. The first-order valence-corrected chi connectivity index (χ1v) is 11.1. The Morgan fingerprint density at radius 3 is 2.62 bits per heavy atom. The van der Waals surface area contributed by atoms with Gasteiger partial charge >= 0.3 is 0 Å². The third-order valence-electron chi connectivity index (χ3n) is 6.88. The number of para-hydroxylation sites is 1. The van der Waals surface area contributed by atoms with Crippen LogP contribution in [0.3, 0.4) is 0 Å². The molecule has 32 heavy (non-hydrogen) atoms. The summed E-state index contributed by atoms with van der Waals surface area (Å²) in [6.07, 6.45) is 9.01. The summed E-state index contributed by atoms with van der Waals surface area (Å²) in [7, 11) is 0. The van der Waals surface area contributed by atoms with E-state index >= 15 is 0 Å². The van der Waals surface area contributed by atoms with Crippen molar-refractivity contribution in [1.29, 1.82) is 0 Å². The summed E-state index contributed by atoms with van der Waals surface area (Å²) in [6.45, 7) is 2.21. The maximum Gasteiger partial charge on any atom is 0.162 e. The van der Waals surface area contributed by atoms with E-state index in [2.05, 4.69) is 56.8 Å². The molecule has 5 heterocycles. The SMILES string of the molecule is c1ccc2c(-c3cnn4cc(-c5ccc(N6C[C@@H]7C[C@H]6CN7)cc5)cnc34)ccnc2c1. The van der Waals surface area contributed by atoms with E-state index in [0.717, 1.165) is 51.9 Å². The second kappa shape index (κ2) is 6.87. The Morgan fingerprint density at radius 1 is 0.875 bits per heavy atom. The lowest BCUT2D eigenvalue weighted by Crippen LogP contribution is -2.43. The van der Waals surface area contributed by atoms with Crippen molar-refractivity contribution in [2.75, 3.05) is 18.0 Å². The second-order valence-corrected chi connectivity index (χ2v) is 8.74. The van der Waals surface area contributed by atoms with Crippen molar-refractivity contribution in [3.05, 3.63) is 79.4 Å². The minimum atomic E-state index is 0.635. The highest BCUT2D eigenvalue weighted by molar-refractivity contribution is 5.97. The molecule has 3 aromatic heterocycles. The van der Waals surface area contributed by atoms with Crippen molar-refractivity contribution < 1.29 is 0 Å². The van der Waals surface area contributed by atoms with E-state index in [1.54, 1.807) is 0 Å². The molecule has 1 N–H and O–H groups in total. The molecule has 0 aliphatic carbocycles. The van der Waals surface area contributed by atoms with Gasteiger partial charge in [0.1, 0.15) is 0 Å². The van der Waals surface area contributed by atoms with Crippen LogP contribution in [0.15, 0.2) is 79.4 Å². The number of anilines is 1. The van der Waals surface area contributed by atoms with Gasteiger partial charge in [0.25, 0.3) is 0 Å². The van der Waals surface area contributed by atoms with E-state index in [0.29, 0.717) is 12.1 Å². The molecule has 0 saturated carbocycles. The number of nitrogens with one attached hydrogen (secondary N) is 1. The molecule has 6 heteroatoms. The molecule has 2 saturated heterocycles. The molecule has 2 aromatic carbocycles. The van der Waals surface area contributed by atoms with Gasteiger partial charge in [-0.25, -0.2) is 9.50 Å². The number of hydrogen-bond donors (Lipinski definition) is 1. The summed E-state index contributed by atoms with van der Waals surface area (Å²) in [5, 5.41) is 9.29. The van der Waals surface area contributed by atoms with Crippen molar-refractivity contribution in [3.63, 3.8) is 0 Å². The number of rotatable bonds is 3. The molecule has 2 fully saturated rings. The summed E-state index contributed by atoms with van der Waals surface area (Å²) in [4.78, 5) is 11.8. The summed E-state index contributed by atoms with van der Waals surface area (Å²) in [5.41, 5.74) is 7.46. The molecule has 0 unspecified atom stereocenters. The zero-order valence-corrected chi connectivity index (χ0v) is 17.5. The lowest BCUT2D eigenvalue weighted by molar-refractivity contribution is 0.580. The Balaban J connectivity index is 1.24. The van der Waals surface area contributed by atoms with Crippen molar-refractivity contribution >= 4 is 22.2 Å². The number of hydrogen-bond acceptors (Lipinski definition) is 5. The summed E-state index contributed by atoms with van der Waals surface area (Å²) in [5.74, 6) is 0. The Morgan fingerprint density at radius 2 is 1.78 bits per heavy atom. The van der Waals surface area contributed by atoms with E-state index in [1.165, 1.54) is 12.1 Å². The Labute approximate surface area is 185 Å². The number of pyridine rings is 1. The van der Waals surface area contributed by atoms with Gasteiger partial charge in [-0.1, -0.05) is 30.3 Å². The van der Waals surface area contributed by atoms with E-state index in [-0.39, 0.29) is 0 Å². The normalized spacial score (nSPS) is 19.9. The van der Waals surface area contributed by atoms with Crippen LogP contribution >= 0.6 is 0 Å². The molecular formula is C26H22N6. The first-order valence-electron chi connectivity index (χ1n) is 11.1. The number of nitrogens with zero attached hydrogens (tertiary/aromatic N) is 5. The maximum atomic E-state index is 4.79. The van der Waals surface area contributed by atoms with Crippen LogP contribution in [0.25, 0.3) is 38.8 Å². The fraction of sp³-hybridized carbons (Fsp3) is 0.192. The Bertz CT molecular complexity index is 1450. The number of benzene rings is 2. The van der Waals surface area contributed by atoms with Gasteiger partial charge in [0.2, 0.25) is 0 Å². The van der Waals surface area contributed by atoms with Crippen molar-refractivity contribution in [2.45, 2.75) is 18.5 Å². The van der Waals surface area contributed by atoms with Gasteiger partial charge in [-0.15, -0.1) is 0 Å². The summed E-state index contributed by atoms with van der Waals surface area (Å²) in [6, 6.07) is 20.4. The fourth-order valence-corrected chi connectivity index (χ4v) is 5.27. The van der Waals surface area contributed by atoms with Gasteiger partial charge in [-0.2, -0.15) is 5.10 Å². The number of piperazine rings is 1. The van der Waals surface area contributed by atoms with Crippen LogP contribution in [0.1, 0.15) is 6.42 Å². The first-order chi connectivity index (χ1) is 15.8. The van der Waals surface area contributed by atoms with Crippen molar-refractivity contribution in [1.82, 2.24) is 24.9 Å². The molecule has 2 aliphatic rings. The van der Waals surface area contributed by atoms with E-state index < -0.39 is 0 Å². The third-order valence-corrected chi connectivity index (χ3v) is 6.88.